The van der Waals surface area contributed by atoms with E-state index in [-0.39, 0.29) is 0 Å². The van der Waals surface area contributed by atoms with E-state index in [4.69, 9.17) is 10.5 Å². The van der Waals surface area contributed by atoms with E-state index in [2.05, 4.69) is 21.9 Å². The van der Waals surface area contributed by atoms with Crippen molar-refractivity contribution in [2.75, 3.05) is 32.7 Å². The summed E-state index contributed by atoms with van der Waals surface area (Å²) < 4.78 is 0. The molecule has 4 heteroatoms. The first kappa shape index (κ1) is 12.6. The fourth-order valence-corrected chi connectivity index (χ4v) is 2.15. The van der Waals surface area contributed by atoms with Gasteiger partial charge in [0, 0.05) is 32.7 Å². The summed E-state index contributed by atoms with van der Waals surface area (Å²) >= 11 is 0. The van der Waals surface area contributed by atoms with Crippen molar-refractivity contribution in [2.24, 2.45) is 0 Å². The lowest BCUT2D eigenvalue weighted by molar-refractivity contribution is 0.138. The van der Waals surface area contributed by atoms with E-state index in [1.807, 2.05) is 24.3 Å². The van der Waals surface area contributed by atoms with E-state index in [0.29, 0.717) is 12.1 Å². The number of hydrogen-bond acceptors (Lipinski definition) is 4. The molecule has 1 heterocycles. The van der Waals surface area contributed by atoms with Crippen LogP contribution in [0, 0.1) is 22.7 Å². The molecular formula is C14H16N4. The number of nitrogens with zero attached hydrogens (tertiary/aromatic N) is 4. The minimum atomic E-state index is 0.532. The summed E-state index contributed by atoms with van der Waals surface area (Å²) in [6.45, 7) is 5.38. The van der Waals surface area contributed by atoms with Gasteiger partial charge in [-0.1, -0.05) is 12.1 Å². The van der Waals surface area contributed by atoms with Crippen LogP contribution in [0.15, 0.2) is 24.3 Å². The monoisotopic (exact) mass is 240 g/mol. The summed E-state index contributed by atoms with van der Waals surface area (Å²) in [7, 11) is 0. The Morgan fingerprint density at radius 1 is 0.944 bits per heavy atom. The van der Waals surface area contributed by atoms with Crippen LogP contribution in [0.4, 0.5) is 0 Å². The minimum Gasteiger partial charge on any atom is -0.297 e. The van der Waals surface area contributed by atoms with Crippen molar-refractivity contribution in [1.29, 1.82) is 10.5 Å². The largest absolute Gasteiger partial charge is 0.297 e. The SMILES string of the molecule is N#CCN1CCN(Cc2ccc(C#N)cc2)CC1. The molecule has 1 fully saturated rings. The zero-order valence-corrected chi connectivity index (χ0v) is 10.3. The highest BCUT2D eigenvalue weighted by molar-refractivity contribution is 5.31. The Balaban J connectivity index is 1.84. The first-order chi connectivity index (χ1) is 8.81. The molecule has 0 bridgehead atoms. The van der Waals surface area contributed by atoms with Crippen LogP contribution in [0.2, 0.25) is 0 Å². The van der Waals surface area contributed by atoms with Gasteiger partial charge in [-0.25, -0.2) is 0 Å². The van der Waals surface area contributed by atoms with E-state index in [1.165, 1.54) is 5.56 Å². The molecule has 1 aromatic carbocycles. The fourth-order valence-electron chi connectivity index (χ4n) is 2.15. The molecule has 0 spiro atoms. The first-order valence-corrected chi connectivity index (χ1v) is 6.12. The Labute approximate surface area is 108 Å². The highest BCUT2D eigenvalue weighted by Gasteiger charge is 2.16. The number of rotatable bonds is 3. The van der Waals surface area contributed by atoms with Crippen molar-refractivity contribution >= 4 is 0 Å². The standard InChI is InChI=1S/C14H16N4/c15-5-6-17-7-9-18(10-8-17)12-14-3-1-13(11-16)2-4-14/h1-4H,6-10,12H2. The predicted molar refractivity (Wildman–Crippen MR) is 68.5 cm³/mol. The molecule has 1 aromatic rings. The summed E-state index contributed by atoms with van der Waals surface area (Å²) in [6.07, 6.45) is 0. The second-order valence-corrected chi connectivity index (χ2v) is 4.52. The van der Waals surface area contributed by atoms with Crippen molar-refractivity contribution < 1.29 is 0 Å². The molecule has 0 unspecified atom stereocenters. The van der Waals surface area contributed by atoms with Crippen LogP contribution in [0.3, 0.4) is 0 Å². The third-order valence-corrected chi connectivity index (χ3v) is 3.25. The molecule has 0 aliphatic carbocycles. The van der Waals surface area contributed by atoms with Crippen molar-refractivity contribution in [3.8, 4) is 12.1 Å². The summed E-state index contributed by atoms with van der Waals surface area (Å²) in [5.41, 5.74) is 1.94. The van der Waals surface area contributed by atoms with E-state index in [1.54, 1.807) is 0 Å². The molecule has 0 atom stereocenters. The van der Waals surface area contributed by atoms with Crippen LogP contribution in [0.25, 0.3) is 0 Å². The lowest BCUT2D eigenvalue weighted by atomic mass is 10.1. The molecule has 0 radical (unpaired) electrons. The normalized spacial score (nSPS) is 17.0. The molecule has 1 saturated heterocycles. The minimum absolute atomic E-state index is 0.532. The average Bonchev–Trinajstić information content (AvgIpc) is 2.42. The molecule has 1 aliphatic heterocycles. The van der Waals surface area contributed by atoms with Gasteiger partial charge >= 0.3 is 0 Å². The fraction of sp³-hybridized carbons (Fsp3) is 0.429. The molecule has 92 valence electrons. The van der Waals surface area contributed by atoms with Crippen LogP contribution in [-0.4, -0.2) is 42.5 Å². The van der Waals surface area contributed by atoms with Crippen LogP contribution >= 0.6 is 0 Å². The van der Waals surface area contributed by atoms with E-state index < -0.39 is 0 Å². The number of hydrogen-bond donors (Lipinski definition) is 0. The average molecular weight is 240 g/mol. The lowest BCUT2D eigenvalue weighted by Crippen LogP contribution is -2.45. The summed E-state index contributed by atoms with van der Waals surface area (Å²) in [4.78, 5) is 4.56. The van der Waals surface area contributed by atoms with Crippen LogP contribution in [0.1, 0.15) is 11.1 Å². The Bertz CT molecular complexity index is 458. The first-order valence-electron chi connectivity index (χ1n) is 6.12. The molecule has 4 nitrogen and oxygen atoms in total. The topological polar surface area (TPSA) is 54.1 Å². The van der Waals surface area contributed by atoms with Crippen molar-refractivity contribution in [1.82, 2.24) is 9.80 Å². The number of benzene rings is 1. The van der Waals surface area contributed by atoms with Crippen LogP contribution in [0.5, 0.6) is 0 Å². The quantitative estimate of drug-likeness (QED) is 0.745. The second kappa shape index (κ2) is 6.16. The smallest absolute Gasteiger partial charge is 0.0991 e. The molecule has 0 saturated carbocycles. The van der Waals surface area contributed by atoms with Crippen molar-refractivity contribution in [2.45, 2.75) is 6.54 Å². The molecule has 0 N–H and O–H groups in total. The van der Waals surface area contributed by atoms with Crippen molar-refractivity contribution in [3.05, 3.63) is 35.4 Å². The van der Waals surface area contributed by atoms with Gasteiger partial charge in [-0.15, -0.1) is 0 Å². The zero-order chi connectivity index (χ0) is 12.8. The molecule has 18 heavy (non-hydrogen) atoms. The lowest BCUT2D eigenvalue weighted by Gasteiger charge is -2.33. The van der Waals surface area contributed by atoms with Gasteiger partial charge in [-0.3, -0.25) is 9.80 Å². The summed E-state index contributed by atoms with van der Waals surface area (Å²) in [5, 5.41) is 17.4. The molecule has 2 rings (SSSR count). The van der Waals surface area contributed by atoms with Gasteiger partial charge in [0.1, 0.15) is 0 Å². The Hall–Kier alpha value is -1.88. The number of piperazine rings is 1. The Kier molecular flexibility index (Phi) is 4.30. The van der Waals surface area contributed by atoms with Gasteiger partial charge in [0.15, 0.2) is 0 Å². The predicted octanol–water partition coefficient (Wildman–Crippen LogP) is 1.20. The van der Waals surface area contributed by atoms with Gasteiger partial charge in [0.25, 0.3) is 0 Å². The number of nitriles is 2. The maximum absolute atomic E-state index is 8.74. The van der Waals surface area contributed by atoms with Gasteiger partial charge in [0.2, 0.25) is 0 Å². The van der Waals surface area contributed by atoms with Crippen LogP contribution < -0.4 is 0 Å². The van der Waals surface area contributed by atoms with E-state index in [0.717, 1.165) is 32.7 Å². The van der Waals surface area contributed by atoms with Gasteiger partial charge < -0.3 is 0 Å². The van der Waals surface area contributed by atoms with Gasteiger partial charge in [-0.05, 0) is 17.7 Å². The Morgan fingerprint density at radius 2 is 1.56 bits per heavy atom. The maximum atomic E-state index is 8.74. The van der Waals surface area contributed by atoms with E-state index >= 15 is 0 Å². The molecule has 1 aliphatic rings. The molecule has 0 aromatic heterocycles. The summed E-state index contributed by atoms with van der Waals surface area (Å²) in [5.74, 6) is 0. The third-order valence-electron chi connectivity index (χ3n) is 3.25. The Morgan fingerprint density at radius 3 is 2.11 bits per heavy atom. The maximum Gasteiger partial charge on any atom is 0.0991 e. The highest BCUT2D eigenvalue weighted by atomic mass is 15.3. The third kappa shape index (κ3) is 3.30. The van der Waals surface area contributed by atoms with Gasteiger partial charge in [-0.2, -0.15) is 10.5 Å². The van der Waals surface area contributed by atoms with Crippen molar-refractivity contribution in [3.63, 3.8) is 0 Å². The second-order valence-electron chi connectivity index (χ2n) is 4.52. The van der Waals surface area contributed by atoms with Gasteiger partial charge in [0.05, 0.1) is 24.2 Å². The molecular weight excluding hydrogens is 224 g/mol. The highest BCUT2D eigenvalue weighted by Crippen LogP contribution is 2.09. The van der Waals surface area contributed by atoms with Crippen LogP contribution in [-0.2, 0) is 6.54 Å². The van der Waals surface area contributed by atoms with E-state index in [9.17, 15) is 0 Å². The zero-order valence-electron chi connectivity index (χ0n) is 10.3. The summed E-state index contributed by atoms with van der Waals surface area (Å²) in [6, 6.07) is 12.1. The molecule has 0 amide bonds.